The Balaban J connectivity index is 1.43. The number of piperidine rings is 1. The van der Waals surface area contributed by atoms with Crippen molar-refractivity contribution >= 4 is 22.6 Å². The zero-order valence-electron chi connectivity index (χ0n) is 16.8. The molecular weight excluding hydrogens is 378 g/mol. The van der Waals surface area contributed by atoms with E-state index in [0.717, 1.165) is 30.0 Å². The van der Waals surface area contributed by atoms with Crippen LogP contribution in [0, 0.1) is 0 Å². The summed E-state index contributed by atoms with van der Waals surface area (Å²) in [7, 11) is 0. The average molecular weight is 403 g/mol. The van der Waals surface area contributed by atoms with Crippen molar-refractivity contribution < 1.29 is 19.1 Å². The summed E-state index contributed by atoms with van der Waals surface area (Å²) in [5, 5.41) is 2.13. The largest absolute Gasteiger partial charge is 0.482 e. The Kier molecular flexibility index (Phi) is 6.28. The molecule has 4 rings (SSSR count). The first-order chi connectivity index (χ1) is 14.7. The van der Waals surface area contributed by atoms with Crippen molar-refractivity contribution in [3.8, 4) is 5.75 Å². The fourth-order valence-electron chi connectivity index (χ4n) is 3.73. The highest BCUT2D eigenvalue weighted by Crippen LogP contribution is 2.24. The van der Waals surface area contributed by atoms with Crippen molar-refractivity contribution in [3.63, 3.8) is 0 Å². The Morgan fingerprint density at radius 2 is 1.53 bits per heavy atom. The number of hydrogen-bond donors (Lipinski definition) is 0. The number of amides is 1. The van der Waals surface area contributed by atoms with E-state index in [1.807, 2.05) is 72.8 Å². The van der Waals surface area contributed by atoms with Gasteiger partial charge in [-0.25, -0.2) is 4.79 Å². The van der Waals surface area contributed by atoms with Crippen LogP contribution in [0.25, 0.3) is 10.8 Å². The summed E-state index contributed by atoms with van der Waals surface area (Å²) < 4.78 is 11.2. The Bertz CT molecular complexity index is 1010. The maximum atomic E-state index is 13.1. The number of benzene rings is 3. The van der Waals surface area contributed by atoms with Crippen LogP contribution in [-0.2, 0) is 14.3 Å². The summed E-state index contributed by atoms with van der Waals surface area (Å²) in [6, 6.07) is 22.8. The number of fused-ring (bicyclic) bond motifs is 1. The molecule has 1 fully saturated rings. The molecule has 0 unspecified atom stereocenters. The van der Waals surface area contributed by atoms with Crippen molar-refractivity contribution in [1.82, 2.24) is 4.90 Å². The average Bonchev–Trinajstić information content (AvgIpc) is 2.82. The Labute approximate surface area is 176 Å². The molecule has 1 atom stereocenters. The van der Waals surface area contributed by atoms with Crippen LogP contribution in [0.2, 0.25) is 0 Å². The number of nitrogens with zero attached hydrogens (tertiary/aromatic N) is 1. The molecule has 3 aromatic carbocycles. The lowest BCUT2D eigenvalue weighted by Crippen LogP contribution is -2.40. The van der Waals surface area contributed by atoms with Gasteiger partial charge in [0.1, 0.15) is 5.75 Å². The Morgan fingerprint density at radius 3 is 2.30 bits per heavy atom. The SMILES string of the molecule is O=C(COc1ccc2ccccc2c1)O[C@@H](C(=O)N1CCCCC1)c1ccccc1. The van der Waals surface area contributed by atoms with Gasteiger partial charge < -0.3 is 14.4 Å². The van der Waals surface area contributed by atoms with E-state index in [1.165, 1.54) is 0 Å². The van der Waals surface area contributed by atoms with E-state index in [9.17, 15) is 9.59 Å². The Morgan fingerprint density at radius 1 is 0.833 bits per heavy atom. The third kappa shape index (κ3) is 4.79. The van der Waals surface area contributed by atoms with Gasteiger partial charge in [-0.15, -0.1) is 0 Å². The number of carbonyl (C=O) groups excluding carboxylic acids is 2. The number of hydrogen-bond acceptors (Lipinski definition) is 4. The molecule has 1 amide bonds. The van der Waals surface area contributed by atoms with Crippen molar-refractivity contribution in [2.24, 2.45) is 0 Å². The molecule has 0 bridgehead atoms. The molecule has 1 saturated heterocycles. The van der Waals surface area contributed by atoms with Crippen LogP contribution in [0.4, 0.5) is 0 Å². The normalized spacial score (nSPS) is 14.9. The molecule has 154 valence electrons. The van der Waals surface area contributed by atoms with Crippen molar-refractivity contribution in [3.05, 3.63) is 78.4 Å². The quantitative estimate of drug-likeness (QED) is 0.568. The number of carbonyl (C=O) groups is 2. The van der Waals surface area contributed by atoms with Gasteiger partial charge in [0.2, 0.25) is 6.10 Å². The molecule has 0 aromatic heterocycles. The second kappa shape index (κ2) is 9.44. The lowest BCUT2D eigenvalue weighted by Gasteiger charge is -2.30. The second-order valence-electron chi connectivity index (χ2n) is 7.46. The maximum absolute atomic E-state index is 13.1. The van der Waals surface area contributed by atoms with Crippen LogP contribution >= 0.6 is 0 Å². The predicted molar refractivity (Wildman–Crippen MR) is 115 cm³/mol. The molecule has 30 heavy (non-hydrogen) atoms. The summed E-state index contributed by atoms with van der Waals surface area (Å²) >= 11 is 0. The van der Waals surface area contributed by atoms with Gasteiger partial charge in [0, 0.05) is 18.7 Å². The molecule has 0 radical (unpaired) electrons. The first kappa shape index (κ1) is 20.0. The topological polar surface area (TPSA) is 55.8 Å². The zero-order chi connectivity index (χ0) is 20.8. The molecule has 0 spiro atoms. The van der Waals surface area contributed by atoms with Crippen molar-refractivity contribution in [2.75, 3.05) is 19.7 Å². The van der Waals surface area contributed by atoms with E-state index in [4.69, 9.17) is 9.47 Å². The molecule has 5 heteroatoms. The number of ether oxygens (including phenoxy) is 2. The summed E-state index contributed by atoms with van der Waals surface area (Å²) in [5.41, 5.74) is 0.673. The van der Waals surface area contributed by atoms with E-state index >= 15 is 0 Å². The molecule has 0 N–H and O–H groups in total. The van der Waals surface area contributed by atoms with E-state index in [-0.39, 0.29) is 12.5 Å². The molecule has 5 nitrogen and oxygen atoms in total. The zero-order valence-corrected chi connectivity index (χ0v) is 16.8. The fraction of sp³-hybridized carbons (Fsp3) is 0.280. The third-order valence-electron chi connectivity index (χ3n) is 5.32. The molecular formula is C25H25NO4. The molecule has 1 heterocycles. The smallest absolute Gasteiger partial charge is 0.345 e. The van der Waals surface area contributed by atoms with Gasteiger partial charge in [-0.1, -0.05) is 60.7 Å². The van der Waals surface area contributed by atoms with E-state index < -0.39 is 12.1 Å². The third-order valence-corrected chi connectivity index (χ3v) is 5.32. The molecule has 1 aliphatic rings. The van der Waals surface area contributed by atoms with Gasteiger partial charge in [-0.05, 0) is 42.2 Å². The van der Waals surface area contributed by atoms with Gasteiger partial charge >= 0.3 is 5.97 Å². The Hall–Kier alpha value is -3.34. The number of rotatable bonds is 6. The van der Waals surface area contributed by atoms with Gasteiger partial charge in [0.05, 0.1) is 0 Å². The van der Waals surface area contributed by atoms with Crippen LogP contribution in [0.5, 0.6) is 5.75 Å². The minimum atomic E-state index is -0.947. The number of esters is 1. The summed E-state index contributed by atoms with van der Waals surface area (Å²) in [4.78, 5) is 27.4. The van der Waals surface area contributed by atoms with Gasteiger partial charge in [-0.2, -0.15) is 0 Å². The van der Waals surface area contributed by atoms with E-state index in [0.29, 0.717) is 24.4 Å². The standard InChI is InChI=1S/C25H25NO4/c27-23(18-29-22-14-13-19-9-5-6-12-21(19)17-22)30-24(20-10-3-1-4-11-20)25(28)26-15-7-2-8-16-26/h1,3-6,9-14,17,24H,2,7-8,15-16,18H2/t24-/m1/s1. The minimum absolute atomic E-state index is 0.167. The highest BCUT2D eigenvalue weighted by atomic mass is 16.6. The first-order valence-electron chi connectivity index (χ1n) is 10.4. The highest BCUT2D eigenvalue weighted by molar-refractivity contribution is 5.86. The summed E-state index contributed by atoms with van der Waals surface area (Å²) in [5.74, 6) is -0.147. The highest BCUT2D eigenvalue weighted by Gasteiger charge is 2.30. The summed E-state index contributed by atoms with van der Waals surface area (Å²) in [6.45, 7) is 1.15. The predicted octanol–water partition coefficient (Wildman–Crippen LogP) is 4.52. The minimum Gasteiger partial charge on any atom is -0.482 e. The van der Waals surface area contributed by atoms with Crippen LogP contribution in [0.15, 0.2) is 72.8 Å². The monoisotopic (exact) mass is 403 g/mol. The van der Waals surface area contributed by atoms with Crippen LogP contribution < -0.4 is 4.74 Å². The van der Waals surface area contributed by atoms with Crippen molar-refractivity contribution in [1.29, 1.82) is 0 Å². The van der Waals surface area contributed by atoms with Crippen molar-refractivity contribution in [2.45, 2.75) is 25.4 Å². The molecule has 0 saturated carbocycles. The number of likely N-dealkylation sites (tertiary alicyclic amines) is 1. The molecule has 1 aliphatic heterocycles. The first-order valence-corrected chi connectivity index (χ1v) is 10.4. The fourth-order valence-corrected chi connectivity index (χ4v) is 3.73. The molecule has 3 aromatic rings. The van der Waals surface area contributed by atoms with Gasteiger partial charge in [-0.3, -0.25) is 4.79 Å². The van der Waals surface area contributed by atoms with Gasteiger partial charge in [0.15, 0.2) is 6.61 Å². The molecule has 0 aliphatic carbocycles. The van der Waals surface area contributed by atoms with Gasteiger partial charge in [0.25, 0.3) is 5.91 Å². The second-order valence-corrected chi connectivity index (χ2v) is 7.46. The lowest BCUT2D eigenvalue weighted by atomic mass is 10.1. The maximum Gasteiger partial charge on any atom is 0.345 e. The summed E-state index contributed by atoms with van der Waals surface area (Å²) in [6.07, 6.45) is 2.13. The van der Waals surface area contributed by atoms with E-state index in [1.54, 1.807) is 4.90 Å². The van der Waals surface area contributed by atoms with Crippen LogP contribution in [0.3, 0.4) is 0 Å². The van der Waals surface area contributed by atoms with Crippen LogP contribution in [0.1, 0.15) is 30.9 Å². The van der Waals surface area contributed by atoms with Crippen LogP contribution in [-0.4, -0.2) is 36.5 Å². The van der Waals surface area contributed by atoms with E-state index in [2.05, 4.69) is 0 Å². The lowest BCUT2D eigenvalue weighted by molar-refractivity contribution is -0.163.